The molecule has 2 aromatic carbocycles. The van der Waals surface area contributed by atoms with E-state index < -0.39 is 5.82 Å². The Bertz CT molecular complexity index is 1700. The molecule has 0 spiro atoms. The number of hydrogen-bond donors (Lipinski definition) is 2. The molecule has 35 heavy (non-hydrogen) atoms. The molecular weight excluding hydrogens is 448 g/mol. The van der Waals surface area contributed by atoms with E-state index in [9.17, 15) is 4.39 Å². The van der Waals surface area contributed by atoms with Crippen molar-refractivity contribution in [3.05, 3.63) is 78.8 Å². The normalized spacial score (nSPS) is 11.4. The lowest BCUT2D eigenvalue weighted by Gasteiger charge is -2.13. The molecule has 0 unspecified atom stereocenters. The zero-order chi connectivity index (χ0) is 24.1. The molecule has 4 aromatic heterocycles. The lowest BCUT2D eigenvalue weighted by Crippen LogP contribution is -2.08. The average molecular weight is 467 g/mol. The van der Waals surface area contributed by atoms with E-state index >= 15 is 4.39 Å². The van der Waals surface area contributed by atoms with Gasteiger partial charge in [-0.3, -0.25) is 15.1 Å². The first kappa shape index (κ1) is 20.9. The van der Waals surface area contributed by atoms with Crippen LogP contribution >= 0.6 is 0 Å². The average Bonchev–Trinajstić information content (AvgIpc) is 3.49. The van der Waals surface area contributed by atoms with Gasteiger partial charge in [0, 0.05) is 43.0 Å². The summed E-state index contributed by atoms with van der Waals surface area (Å²) in [6.45, 7) is 0. The number of H-pyrrole nitrogens is 2. The molecule has 0 fully saturated rings. The minimum Gasteiger partial charge on any atom is -0.376 e. The van der Waals surface area contributed by atoms with E-state index in [-0.39, 0.29) is 11.3 Å². The minimum absolute atomic E-state index is 0.220. The molecule has 0 aliphatic carbocycles. The van der Waals surface area contributed by atoms with Gasteiger partial charge < -0.3 is 9.88 Å². The van der Waals surface area contributed by atoms with Crippen molar-refractivity contribution in [2.75, 3.05) is 19.0 Å². The molecule has 0 atom stereocenters. The maximum absolute atomic E-state index is 15.1. The van der Waals surface area contributed by atoms with Gasteiger partial charge in [0.05, 0.1) is 23.1 Å². The first-order chi connectivity index (χ1) is 17.0. The number of fused-ring (bicyclic) bond motifs is 2. The van der Waals surface area contributed by atoms with Crippen LogP contribution in [0, 0.1) is 11.6 Å². The van der Waals surface area contributed by atoms with Gasteiger partial charge in [-0.25, -0.2) is 13.8 Å². The summed E-state index contributed by atoms with van der Waals surface area (Å²) in [5.74, 6) is -0.271. The number of rotatable bonds is 4. The molecule has 9 heteroatoms. The van der Waals surface area contributed by atoms with Crippen molar-refractivity contribution in [3.8, 4) is 33.9 Å². The van der Waals surface area contributed by atoms with Crippen molar-refractivity contribution in [2.24, 2.45) is 0 Å². The van der Waals surface area contributed by atoms with Crippen LogP contribution in [0.4, 0.5) is 14.5 Å². The van der Waals surface area contributed by atoms with Crippen LogP contribution in [0.3, 0.4) is 0 Å². The topological polar surface area (TPSA) is 86.4 Å². The van der Waals surface area contributed by atoms with Gasteiger partial charge in [-0.1, -0.05) is 0 Å². The molecule has 0 radical (unpaired) electrons. The number of nitrogens with zero attached hydrogens (tertiary/aromatic N) is 5. The summed E-state index contributed by atoms with van der Waals surface area (Å²) < 4.78 is 28.5. The largest absolute Gasteiger partial charge is 0.376 e. The summed E-state index contributed by atoms with van der Waals surface area (Å²) in [5.41, 5.74) is 5.88. The molecule has 2 N–H and O–H groups in total. The van der Waals surface area contributed by atoms with Gasteiger partial charge in [0.15, 0.2) is 11.6 Å². The van der Waals surface area contributed by atoms with E-state index in [1.165, 1.54) is 18.2 Å². The Hall–Kier alpha value is -4.66. The summed E-state index contributed by atoms with van der Waals surface area (Å²) in [7, 11) is 3.85. The van der Waals surface area contributed by atoms with E-state index in [1.807, 2.05) is 37.2 Å². The second kappa shape index (κ2) is 7.98. The zero-order valence-corrected chi connectivity index (χ0v) is 18.8. The van der Waals surface area contributed by atoms with Crippen LogP contribution in [0.25, 0.3) is 55.8 Å². The molecule has 4 heterocycles. The van der Waals surface area contributed by atoms with Crippen molar-refractivity contribution in [3.63, 3.8) is 0 Å². The maximum atomic E-state index is 15.1. The maximum Gasteiger partial charge on any atom is 0.157 e. The standard InChI is InChI=1S/C26H19F2N7/c1-35(2)18-9-16(12-29-13-18)15-10-19-23(20(28)11-15)33-34-24(19)26-31-21-7-8-30-22(25(21)32-26)14-3-5-17(27)6-4-14/h3-13H,1-2H3,(H,31,32)(H,33,34). The molecule has 0 bridgehead atoms. The molecule has 0 aliphatic rings. The number of nitrogens with one attached hydrogen (secondary N) is 2. The molecule has 172 valence electrons. The van der Waals surface area contributed by atoms with E-state index in [0.717, 1.165) is 22.3 Å². The fraction of sp³-hybridized carbons (Fsp3) is 0.0769. The number of pyridine rings is 2. The highest BCUT2D eigenvalue weighted by molar-refractivity contribution is 5.97. The Morgan fingerprint density at radius 2 is 1.69 bits per heavy atom. The molecule has 7 nitrogen and oxygen atoms in total. The fourth-order valence-corrected chi connectivity index (χ4v) is 4.13. The molecule has 0 aliphatic heterocycles. The van der Waals surface area contributed by atoms with Gasteiger partial charge in [-0.05, 0) is 54.1 Å². The number of imidazole rings is 1. The van der Waals surface area contributed by atoms with Gasteiger partial charge in [0.2, 0.25) is 0 Å². The van der Waals surface area contributed by atoms with Crippen molar-refractivity contribution >= 4 is 27.6 Å². The summed E-state index contributed by atoms with van der Waals surface area (Å²) in [4.78, 5) is 18.7. The van der Waals surface area contributed by atoms with Crippen molar-refractivity contribution in [2.45, 2.75) is 0 Å². The number of halogens is 2. The lowest BCUT2D eigenvalue weighted by molar-refractivity contribution is 0.628. The molecule has 0 saturated carbocycles. The molecular formula is C26H19F2N7. The Kier molecular flexibility index (Phi) is 4.77. The zero-order valence-electron chi connectivity index (χ0n) is 18.8. The van der Waals surface area contributed by atoms with E-state index in [0.29, 0.717) is 33.7 Å². The van der Waals surface area contributed by atoms with E-state index in [1.54, 1.807) is 30.7 Å². The SMILES string of the molecule is CN(C)c1cncc(-c2cc(F)c3n[nH]c(-c4nc5c(-c6ccc(F)cc6)nccc5[nH]4)c3c2)c1. The van der Waals surface area contributed by atoms with Gasteiger partial charge in [-0.15, -0.1) is 0 Å². The third-order valence-electron chi connectivity index (χ3n) is 5.94. The van der Waals surface area contributed by atoms with Crippen LogP contribution in [0.1, 0.15) is 0 Å². The van der Waals surface area contributed by atoms with Crippen LogP contribution in [0.5, 0.6) is 0 Å². The van der Waals surface area contributed by atoms with Crippen molar-refractivity contribution < 1.29 is 8.78 Å². The smallest absolute Gasteiger partial charge is 0.157 e. The number of aromatic nitrogens is 6. The van der Waals surface area contributed by atoms with Crippen molar-refractivity contribution in [1.29, 1.82) is 0 Å². The monoisotopic (exact) mass is 467 g/mol. The van der Waals surface area contributed by atoms with Crippen molar-refractivity contribution in [1.82, 2.24) is 30.1 Å². The van der Waals surface area contributed by atoms with Gasteiger partial charge in [-0.2, -0.15) is 5.10 Å². The van der Waals surface area contributed by atoms with Crippen LogP contribution < -0.4 is 4.90 Å². The summed E-state index contributed by atoms with van der Waals surface area (Å²) in [6, 6.07) is 13.2. The highest BCUT2D eigenvalue weighted by Gasteiger charge is 2.18. The van der Waals surface area contributed by atoms with E-state index in [2.05, 4.69) is 25.1 Å². The van der Waals surface area contributed by atoms with Gasteiger partial charge in [0.25, 0.3) is 0 Å². The second-order valence-corrected chi connectivity index (χ2v) is 8.43. The Balaban J connectivity index is 1.50. The number of anilines is 1. The van der Waals surface area contributed by atoms with Crippen LogP contribution in [0.2, 0.25) is 0 Å². The Labute approximate surface area is 198 Å². The van der Waals surface area contributed by atoms with Crippen LogP contribution in [0.15, 0.2) is 67.1 Å². The lowest BCUT2D eigenvalue weighted by atomic mass is 10.0. The summed E-state index contributed by atoms with van der Waals surface area (Å²) in [6.07, 6.45) is 5.12. The van der Waals surface area contributed by atoms with Gasteiger partial charge in [0.1, 0.15) is 22.5 Å². The predicted octanol–water partition coefficient (Wildman–Crippen LogP) is 5.57. The fourth-order valence-electron chi connectivity index (χ4n) is 4.13. The van der Waals surface area contributed by atoms with E-state index in [4.69, 9.17) is 4.98 Å². The third kappa shape index (κ3) is 3.57. The minimum atomic E-state index is -0.444. The summed E-state index contributed by atoms with van der Waals surface area (Å²) >= 11 is 0. The van der Waals surface area contributed by atoms with Crippen LogP contribution in [-0.2, 0) is 0 Å². The number of hydrogen-bond acceptors (Lipinski definition) is 5. The summed E-state index contributed by atoms with van der Waals surface area (Å²) in [5, 5.41) is 7.71. The Morgan fingerprint density at radius 1 is 0.857 bits per heavy atom. The molecule has 6 aromatic rings. The molecule has 0 amide bonds. The highest BCUT2D eigenvalue weighted by Crippen LogP contribution is 2.34. The Morgan fingerprint density at radius 3 is 2.49 bits per heavy atom. The van der Waals surface area contributed by atoms with Crippen LogP contribution in [-0.4, -0.2) is 44.2 Å². The highest BCUT2D eigenvalue weighted by atomic mass is 19.1. The number of benzene rings is 2. The first-order valence-electron chi connectivity index (χ1n) is 10.9. The second-order valence-electron chi connectivity index (χ2n) is 8.43. The molecule has 6 rings (SSSR count). The molecule has 0 saturated heterocycles. The van der Waals surface area contributed by atoms with Gasteiger partial charge >= 0.3 is 0 Å². The third-order valence-corrected chi connectivity index (χ3v) is 5.94. The number of aromatic amines is 2. The first-order valence-corrected chi connectivity index (χ1v) is 10.9. The predicted molar refractivity (Wildman–Crippen MR) is 132 cm³/mol. The quantitative estimate of drug-likeness (QED) is 0.354.